The summed E-state index contributed by atoms with van der Waals surface area (Å²) in [7, 11) is 0. The van der Waals surface area contributed by atoms with Crippen molar-refractivity contribution in [2.24, 2.45) is 17.6 Å². The number of rotatable bonds is 5. The van der Waals surface area contributed by atoms with Gasteiger partial charge in [0.25, 0.3) is 0 Å². The molecule has 0 aromatic heterocycles. The number of carbonyl (C=O) groups excluding carboxylic acids is 1. The summed E-state index contributed by atoms with van der Waals surface area (Å²) in [4.78, 5) is 13.8. The van der Waals surface area contributed by atoms with E-state index < -0.39 is 6.04 Å². The number of hydrogen-bond acceptors (Lipinski definition) is 3. The molecule has 0 bridgehead atoms. The number of likely N-dealkylation sites (tertiary alicyclic amines) is 1. The number of hydrogen-bond donors (Lipinski definition) is 2. The third-order valence-corrected chi connectivity index (χ3v) is 2.97. The molecule has 0 aromatic rings. The molecule has 2 atom stereocenters. The average Bonchev–Trinajstić information content (AvgIpc) is 2.60. The standard InChI is InChI=1S/C12H25N3O/c1-9(2)7-15-5-4-11(8-15)6-14-12(16)10(3)13/h9-11H,4-8,13H2,1-3H3,(H,14,16)/t10-,11?/m1/s1. The molecule has 1 aliphatic rings. The summed E-state index contributed by atoms with van der Waals surface area (Å²) in [6.07, 6.45) is 1.19. The number of nitrogens with zero attached hydrogens (tertiary/aromatic N) is 1. The lowest BCUT2D eigenvalue weighted by atomic mass is 10.1. The van der Waals surface area contributed by atoms with Gasteiger partial charge in [-0.25, -0.2) is 0 Å². The predicted molar refractivity (Wildman–Crippen MR) is 66.0 cm³/mol. The molecule has 1 heterocycles. The van der Waals surface area contributed by atoms with Crippen LogP contribution >= 0.6 is 0 Å². The summed E-state index contributed by atoms with van der Waals surface area (Å²) >= 11 is 0. The van der Waals surface area contributed by atoms with Crippen LogP contribution < -0.4 is 11.1 Å². The Balaban J connectivity index is 2.19. The molecule has 1 unspecified atom stereocenters. The SMILES string of the molecule is CC(C)CN1CCC(CNC(=O)[C@@H](C)N)C1. The van der Waals surface area contributed by atoms with Gasteiger partial charge in [-0.1, -0.05) is 13.8 Å². The minimum atomic E-state index is -0.395. The van der Waals surface area contributed by atoms with Gasteiger partial charge in [0.1, 0.15) is 0 Å². The van der Waals surface area contributed by atoms with E-state index in [4.69, 9.17) is 5.73 Å². The molecular weight excluding hydrogens is 202 g/mol. The maximum atomic E-state index is 11.3. The lowest BCUT2D eigenvalue weighted by Gasteiger charge is -2.18. The minimum Gasteiger partial charge on any atom is -0.354 e. The van der Waals surface area contributed by atoms with Gasteiger partial charge in [-0.3, -0.25) is 4.79 Å². The second-order valence-corrected chi connectivity index (χ2v) is 5.34. The monoisotopic (exact) mass is 227 g/mol. The predicted octanol–water partition coefficient (Wildman–Crippen LogP) is 0.428. The largest absolute Gasteiger partial charge is 0.354 e. The topological polar surface area (TPSA) is 58.4 Å². The van der Waals surface area contributed by atoms with Crippen LogP contribution in [0.1, 0.15) is 27.2 Å². The van der Waals surface area contributed by atoms with Crippen LogP contribution in [0.2, 0.25) is 0 Å². The van der Waals surface area contributed by atoms with E-state index in [9.17, 15) is 4.79 Å². The second-order valence-electron chi connectivity index (χ2n) is 5.34. The van der Waals surface area contributed by atoms with Crippen LogP contribution in [0.25, 0.3) is 0 Å². The summed E-state index contributed by atoms with van der Waals surface area (Å²) in [5, 5.41) is 2.91. The molecule has 1 saturated heterocycles. The van der Waals surface area contributed by atoms with Crippen molar-refractivity contribution < 1.29 is 4.79 Å². The summed E-state index contributed by atoms with van der Waals surface area (Å²) in [6.45, 7) is 10.4. The van der Waals surface area contributed by atoms with E-state index in [1.165, 1.54) is 6.42 Å². The van der Waals surface area contributed by atoms with Crippen LogP contribution in [-0.2, 0) is 4.79 Å². The van der Waals surface area contributed by atoms with Crippen LogP contribution in [-0.4, -0.2) is 43.0 Å². The lowest BCUT2D eigenvalue weighted by Crippen LogP contribution is -2.41. The lowest BCUT2D eigenvalue weighted by molar-refractivity contribution is -0.122. The first-order chi connectivity index (χ1) is 7.49. The Bertz CT molecular complexity index is 228. The molecule has 4 nitrogen and oxygen atoms in total. The fourth-order valence-corrected chi connectivity index (χ4v) is 2.17. The first kappa shape index (κ1) is 13.5. The Morgan fingerprint density at radius 1 is 1.50 bits per heavy atom. The molecular formula is C12H25N3O. The number of amides is 1. The van der Waals surface area contributed by atoms with Crippen molar-refractivity contribution >= 4 is 5.91 Å². The van der Waals surface area contributed by atoms with Gasteiger partial charge < -0.3 is 16.0 Å². The van der Waals surface area contributed by atoms with Gasteiger partial charge in [0.05, 0.1) is 6.04 Å². The molecule has 4 heteroatoms. The molecule has 1 aliphatic heterocycles. The van der Waals surface area contributed by atoms with Crippen LogP contribution in [0.3, 0.4) is 0 Å². The van der Waals surface area contributed by atoms with Crippen molar-refractivity contribution in [3.05, 3.63) is 0 Å². The van der Waals surface area contributed by atoms with Crippen LogP contribution in [0.4, 0.5) is 0 Å². The molecule has 16 heavy (non-hydrogen) atoms. The normalized spacial score (nSPS) is 23.7. The van der Waals surface area contributed by atoms with Gasteiger partial charge >= 0.3 is 0 Å². The van der Waals surface area contributed by atoms with Crippen LogP contribution in [0.15, 0.2) is 0 Å². The molecule has 1 amide bonds. The zero-order valence-electron chi connectivity index (χ0n) is 10.7. The van der Waals surface area contributed by atoms with Crippen molar-refractivity contribution in [3.8, 4) is 0 Å². The van der Waals surface area contributed by atoms with Gasteiger partial charge in [-0.15, -0.1) is 0 Å². The number of nitrogens with two attached hydrogens (primary N) is 1. The van der Waals surface area contributed by atoms with Crippen LogP contribution in [0, 0.1) is 11.8 Å². The quantitative estimate of drug-likeness (QED) is 0.716. The van der Waals surface area contributed by atoms with Gasteiger partial charge in [0.2, 0.25) is 5.91 Å². The van der Waals surface area contributed by atoms with Crippen molar-refractivity contribution in [1.82, 2.24) is 10.2 Å². The number of nitrogens with one attached hydrogen (secondary N) is 1. The summed E-state index contributed by atoms with van der Waals surface area (Å²) < 4.78 is 0. The van der Waals surface area contributed by atoms with Crippen LogP contribution in [0.5, 0.6) is 0 Å². The first-order valence-electron chi connectivity index (χ1n) is 6.24. The van der Waals surface area contributed by atoms with Crippen molar-refractivity contribution in [3.63, 3.8) is 0 Å². The highest BCUT2D eigenvalue weighted by Crippen LogP contribution is 2.16. The highest BCUT2D eigenvalue weighted by Gasteiger charge is 2.23. The Morgan fingerprint density at radius 3 is 2.75 bits per heavy atom. The average molecular weight is 227 g/mol. The molecule has 1 fully saturated rings. The highest BCUT2D eigenvalue weighted by atomic mass is 16.2. The van der Waals surface area contributed by atoms with E-state index in [0.29, 0.717) is 5.92 Å². The first-order valence-corrected chi connectivity index (χ1v) is 6.24. The molecule has 3 N–H and O–H groups in total. The molecule has 0 aromatic carbocycles. The van der Waals surface area contributed by atoms with Crippen molar-refractivity contribution in [2.45, 2.75) is 33.2 Å². The van der Waals surface area contributed by atoms with Gasteiger partial charge in [0, 0.05) is 19.6 Å². The zero-order valence-corrected chi connectivity index (χ0v) is 10.7. The van der Waals surface area contributed by atoms with E-state index in [1.807, 2.05) is 0 Å². The molecule has 0 radical (unpaired) electrons. The Kier molecular flexibility index (Phi) is 5.22. The highest BCUT2D eigenvalue weighted by molar-refractivity contribution is 5.80. The number of carbonyl (C=O) groups is 1. The van der Waals surface area contributed by atoms with E-state index in [2.05, 4.69) is 24.1 Å². The molecule has 94 valence electrons. The summed E-state index contributed by atoms with van der Waals surface area (Å²) in [6, 6.07) is -0.395. The fraction of sp³-hybridized carbons (Fsp3) is 0.917. The van der Waals surface area contributed by atoms with Crippen molar-refractivity contribution in [2.75, 3.05) is 26.2 Å². The fourth-order valence-electron chi connectivity index (χ4n) is 2.17. The summed E-state index contributed by atoms with van der Waals surface area (Å²) in [5.74, 6) is 1.28. The Morgan fingerprint density at radius 2 is 2.19 bits per heavy atom. The third-order valence-electron chi connectivity index (χ3n) is 2.97. The van der Waals surface area contributed by atoms with E-state index in [0.717, 1.165) is 32.1 Å². The Labute approximate surface area is 98.6 Å². The van der Waals surface area contributed by atoms with Gasteiger partial charge in [-0.05, 0) is 31.7 Å². The van der Waals surface area contributed by atoms with Gasteiger partial charge in [0.15, 0.2) is 0 Å². The molecule has 0 saturated carbocycles. The minimum absolute atomic E-state index is 0.0395. The van der Waals surface area contributed by atoms with E-state index in [1.54, 1.807) is 6.92 Å². The molecule has 1 rings (SSSR count). The van der Waals surface area contributed by atoms with Crippen molar-refractivity contribution in [1.29, 1.82) is 0 Å². The maximum absolute atomic E-state index is 11.3. The van der Waals surface area contributed by atoms with E-state index >= 15 is 0 Å². The summed E-state index contributed by atoms with van der Waals surface area (Å²) in [5.41, 5.74) is 5.49. The molecule has 0 spiro atoms. The maximum Gasteiger partial charge on any atom is 0.236 e. The second kappa shape index (κ2) is 6.21. The third kappa shape index (κ3) is 4.49. The van der Waals surface area contributed by atoms with Gasteiger partial charge in [-0.2, -0.15) is 0 Å². The zero-order chi connectivity index (χ0) is 12.1. The molecule has 0 aliphatic carbocycles. The Hall–Kier alpha value is -0.610. The smallest absolute Gasteiger partial charge is 0.236 e. The van der Waals surface area contributed by atoms with E-state index in [-0.39, 0.29) is 5.91 Å².